The highest BCUT2D eigenvalue weighted by atomic mass is 16.6. The molecule has 1 fully saturated rings. The minimum Gasteiger partial charge on any atom is -0.466 e. The van der Waals surface area contributed by atoms with Crippen molar-refractivity contribution in [1.29, 1.82) is 0 Å². The second-order valence-electron chi connectivity index (χ2n) is 12.6. The first-order valence-electron chi connectivity index (χ1n) is 15.1. The molecule has 1 aliphatic rings. The van der Waals surface area contributed by atoms with Crippen LogP contribution < -0.4 is 16.6 Å². The molecule has 3 rings (SSSR count). The van der Waals surface area contributed by atoms with E-state index in [2.05, 4.69) is 33.0 Å². The van der Waals surface area contributed by atoms with Gasteiger partial charge in [0, 0.05) is 38.1 Å². The molecule has 0 spiro atoms. The van der Waals surface area contributed by atoms with Gasteiger partial charge in [-0.1, -0.05) is 58.0 Å². The number of aliphatic hydroxyl groups excluding tert-OH is 2. The van der Waals surface area contributed by atoms with Gasteiger partial charge in [-0.15, -0.1) is 0 Å². The molecule has 1 aromatic carbocycles. The molecule has 1 saturated heterocycles. The quantitative estimate of drug-likeness (QED) is 0.173. The van der Waals surface area contributed by atoms with Gasteiger partial charge in [0.1, 0.15) is 24.1 Å². The number of hydrogen-bond acceptors (Lipinski definition) is 9. The Hall–Kier alpha value is -3.61. The van der Waals surface area contributed by atoms with Crippen LogP contribution in [0.15, 0.2) is 52.2 Å². The summed E-state index contributed by atoms with van der Waals surface area (Å²) in [7, 11) is 0. The molecule has 0 radical (unpaired) electrons. The second-order valence-corrected chi connectivity index (χ2v) is 12.6. The van der Waals surface area contributed by atoms with Gasteiger partial charge in [0.2, 0.25) is 5.91 Å². The van der Waals surface area contributed by atoms with Gasteiger partial charge in [0.25, 0.3) is 5.56 Å². The third-order valence-corrected chi connectivity index (χ3v) is 8.24. The van der Waals surface area contributed by atoms with Gasteiger partial charge in [0.15, 0.2) is 6.23 Å². The summed E-state index contributed by atoms with van der Waals surface area (Å²) in [6, 6.07) is 10.9. The second kappa shape index (κ2) is 15.9. The van der Waals surface area contributed by atoms with Gasteiger partial charge in [-0.25, -0.2) is 4.79 Å². The summed E-state index contributed by atoms with van der Waals surface area (Å²) in [6.07, 6.45) is -2.11. The fourth-order valence-corrected chi connectivity index (χ4v) is 4.98. The molecule has 2 aromatic rings. The Kier molecular flexibility index (Phi) is 12.6. The van der Waals surface area contributed by atoms with Crippen molar-refractivity contribution in [3.63, 3.8) is 0 Å². The Morgan fingerprint density at radius 3 is 2.41 bits per heavy atom. The minimum absolute atomic E-state index is 0.0226. The maximum Gasteiger partial charge on any atom is 0.330 e. The molecule has 2 heterocycles. The predicted molar refractivity (Wildman–Crippen MR) is 162 cm³/mol. The number of carbonyl (C=O) groups excluding carboxylic acids is 3. The molecule has 0 saturated carbocycles. The van der Waals surface area contributed by atoms with Crippen LogP contribution in [0.1, 0.15) is 83.9 Å². The van der Waals surface area contributed by atoms with Crippen LogP contribution >= 0.6 is 0 Å². The van der Waals surface area contributed by atoms with Crippen molar-refractivity contribution in [1.82, 2.24) is 14.9 Å². The number of Topliss-reactive ketones (excluding diaryl/α,β-unsaturated/α-hetero) is 1. The van der Waals surface area contributed by atoms with E-state index in [1.54, 1.807) is 0 Å². The largest absolute Gasteiger partial charge is 0.466 e. The van der Waals surface area contributed by atoms with E-state index in [4.69, 9.17) is 9.47 Å². The number of benzene rings is 1. The smallest absolute Gasteiger partial charge is 0.330 e. The minimum atomic E-state index is -1.47. The van der Waals surface area contributed by atoms with Crippen LogP contribution in [-0.4, -0.2) is 68.9 Å². The summed E-state index contributed by atoms with van der Waals surface area (Å²) >= 11 is 0. The number of aromatic amines is 1. The van der Waals surface area contributed by atoms with Gasteiger partial charge >= 0.3 is 11.7 Å². The average Bonchev–Trinajstić information content (AvgIpc) is 3.25. The number of nitrogens with zero attached hydrogens (tertiary/aromatic N) is 1. The molecule has 6 unspecified atom stereocenters. The van der Waals surface area contributed by atoms with Gasteiger partial charge in [-0.05, 0) is 35.7 Å². The number of ether oxygens (including phenoxy) is 2. The molecule has 6 atom stereocenters. The van der Waals surface area contributed by atoms with Crippen molar-refractivity contribution in [2.45, 2.75) is 96.7 Å². The first-order chi connectivity index (χ1) is 20.8. The third-order valence-electron chi connectivity index (χ3n) is 8.24. The summed E-state index contributed by atoms with van der Waals surface area (Å²) in [5.74, 6) is -0.512. The lowest BCUT2D eigenvalue weighted by atomic mass is 9.78. The zero-order valence-corrected chi connectivity index (χ0v) is 25.9. The summed E-state index contributed by atoms with van der Waals surface area (Å²) in [5.41, 5.74) is -0.306. The summed E-state index contributed by atoms with van der Waals surface area (Å²) in [4.78, 5) is 62.8. The molecule has 1 aliphatic heterocycles. The van der Waals surface area contributed by atoms with E-state index < -0.39 is 47.7 Å². The Morgan fingerprint density at radius 2 is 1.75 bits per heavy atom. The number of aliphatic hydroxyl groups is 2. The number of aromatic nitrogens is 2. The highest BCUT2D eigenvalue weighted by molar-refractivity contribution is 5.81. The third kappa shape index (κ3) is 10.2. The fourth-order valence-electron chi connectivity index (χ4n) is 4.98. The highest BCUT2D eigenvalue weighted by Gasteiger charge is 2.44. The molecule has 12 heteroatoms. The van der Waals surface area contributed by atoms with E-state index in [1.165, 1.54) is 0 Å². The number of H-pyrrole nitrogens is 1. The first kappa shape index (κ1) is 34.9. The Morgan fingerprint density at radius 1 is 1.05 bits per heavy atom. The van der Waals surface area contributed by atoms with Crippen molar-refractivity contribution in [3.05, 3.63) is 69.0 Å². The Balaban J connectivity index is 1.39. The Bertz CT molecular complexity index is 1370. The zero-order valence-electron chi connectivity index (χ0n) is 25.9. The number of carbonyl (C=O) groups is 3. The van der Waals surface area contributed by atoms with Crippen LogP contribution in [-0.2, 0) is 23.9 Å². The molecule has 0 aliphatic carbocycles. The molecular formula is C32H45N3O9. The molecule has 0 bridgehead atoms. The average molecular weight is 616 g/mol. The van der Waals surface area contributed by atoms with Crippen LogP contribution in [0.25, 0.3) is 0 Å². The molecule has 12 nitrogen and oxygen atoms in total. The van der Waals surface area contributed by atoms with Crippen LogP contribution in [0.5, 0.6) is 0 Å². The number of esters is 1. The molecule has 4 N–H and O–H groups in total. The van der Waals surface area contributed by atoms with Crippen molar-refractivity contribution in [2.75, 3.05) is 13.2 Å². The molecular weight excluding hydrogens is 570 g/mol. The molecule has 1 aromatic heterocycles. The number of nitrogens with one attached hydrogen (secondary N) is 2. The van der Waals surface area contributed by atoms with Crippen molar-refractivity contribution in [3.8, 4) is 0 Å². The molecule has 44 heavy (non-hydrogen) atoms. The standard InChI is InChI=1S/C32H45N3O9/c1-20(32(2,3)4)17-23(36)18-22(21-9-6-5-7-10-21)11-8-16-43-27(39)13-12-25(37)33-19-24-28(40)29(41)30(44-24)35-15-14-26(38)34-31(35)42/h5-7,9-10,14-15,20,22,24,28-30,40-41H,8,11-13,16-19H2,1-4H3,(H,33,37)(H,34,38,42). The molecule has 1 amide bonds. The fraction of sp³-hybridized carbons (Fsp3) is 0.594. The lowest BCUT2D eigenvalue weighted by Crippen LogP contribution is -2.40. The van der Waals surface area contributed by atoms with E-state index in [0.29, 0.717) is 25.7 Å². The summed E-state index contributed by atoms with van der Waals surface area (Å²) in [5, 5.41) is 23.2. The number of amides is 1. The van der Waals surface area contributed by atoms with Gasteiger partial charge < -0.3 is 25.0 Å². The molecule has 242 valence electrons. The van der Waals surface area contributed by atoms with Crippen LogP contribution in [0.2, 0.25) is 0 Å². The maximum atomic E-state index is 12.9. The van der Waals surface area contributed by atoms with E-state index in [0.717, 1.165) is 22.4 Å². The van der Waals surface area contributed by atoms with Crippen molar-refractivity contribution >= 4 is 17.7 Å². The van der Waals surface area contributed by atoms with Gasteiger partial charge in [-0.3, -0.25) is 28.7 Å². The van der Waals surface area contributed by atoms with E-state index in [1.807, 2.05) is 35.3 Å². The maximum absolute atomic E-state index is 12.9. The van der Waals surface area contributed by atoms with Gasteiger partial charge in [0.05, 0.1) is 13.0 Å². The monoisotopic (exact) mass is 615 g/mol. The lowest BCUT2D eigenvalue weighted by Gasteiger charge is -2.27. The van der Waals surface area contributed by atoms with Crippen molar-refractivity contribution in [2.24, 2.45) is 11.3 Å². The van der Waals surface area contributed by atoms with E-state index in [-0.39, 0.29) is 49.0 Å². The first-order valence-corrected chi connectivity index (χ1v) is 15.1. The Labute approximate surface area is 256 Å². The topological polar surface area (TPSA) is 177 Å². The number of rotatable bonds is 15. The normalized spacial score (nSPS) is 21.4. The van der Waals surface area contributed by atoms with Crippen molar-refractivity contribution < 1.29 is 34.1 Å². The number of hydrogen-bond donors (Lipinski definition) is 4. The van der Waals surface area contributed by atoms with Crippen LogP contribution in [0, 0.1) is 11.3 Å². The van der Waals surface area contributed by atoms with Crippen LogP contribution in [0.4, 0.5) is 0 Å². The SMILES string of the molecule is CC(CC(=O)CC(CCCOC(=O)CCC(=O)NCC1OC(n2ccc(=O)[nH]c2=O)C(O)C1O)c1ccccc1)C(C)(C)C. The summed E-state index contributed by atoms with van der Waals surface area (Å²) < 4.78 is 11.8. The van der Waals surface area contributed by atoms with Gasteiger partial charge in [-0.2, -0.15) is 0 Å². The lowest BCUT2D eigenvalue weighted by molar-refractivity contribution is -0.145. The highest BCUT2D eigenvalue weighted by Crippen LogP contribution is 2.32. The van der Waals surface area contributed by atoms with E-state index in [9.17, 15) is 34.2 Å². The van der Waals surface area contributed by atoms with E-state index >= 15 is 0 Å². The predicted octanol–water partition coefficient (Wildman–Crippen LogP) is 2.19. The zero-order chi connectivity index (χ0) is 32.4. The van der Waals surface area contributed by atoms with Crippen LogP contribution in [0.3, 0.4) is 0 Å². The number of ketones is 1. The summed E-state index contributed by atoms with van der Waals surface area (Å²) in [6.45, 7) is 8.50.